The first-order chi connectivity index (χ1) is 13.6. The first-order valence-corrected chi connectivity index (χ1v) is 10.4. The van der Waals surface area contributed by atoms with Crippen LogP contribution in [-0.4, -0.2) is 51.4 Å². The lowest BCUT2D eigenvalue weighted by atomic mass is 9.76. The number of rotatable bonds is 2. The number of carbonyl (C=O) groups is 1. The van der Waals surface area contributed by atoms with Crippen LogP contribution in [0.15, 0.2) is 24.4 Å². The molecule has 146 valence electrons. The predicted molar refractivity (Wildman–Crippen MR) is 108 cm³/mol. The van der Waals surface area contributed by atoms with E-state index in [1.807, 2.05) is 32.2 Å². The maximum atomic E-state index is 12.4. The zero-order chi connectivity index (χ0) is 19.3. The van der Waals surface area contributed by atoms with Crippen molar-refractivity contribution in [1.29, 1.82) is 0 Å². The number of carbonyl (C=O) groups excluding carboxylic acids is 1. The van der Waals surface area contributed by atoms with Gasteiger partial charge in [0.1, 0.15) is 0 Å². The van der Waals surface area contributed by atoms with Crippen LogP contribution in [0.25, 0.3) is 11.3 Å². The van der Waals surface area contributed by atoms with Crippen molar-refractivity contribution in [1.82, 2.24) is 19.9 Å². The summed E-state index contributed by atoms with van der Waals surface area (Å²) in [5.41, 5.74) is 4.01. The Hall–Kier alpha value is -2.50. The molecule has 28 heavy (non-hydrogen) atoms. The number of amides is 1. The van der Waals surface area contributed by atoms with E-state index in [-0.39, 0.29) is 0 Å². The molecular weight excluding hydrogens is 350 g/mol. The van der Waals surface area contributed by atoms with Crippen LogP contribution in [0.4, 0.5) is 5.95 Å². The Balaban J connectivity index is 1.41. The number of piperidine rings is 3. The number of hydrogen-bond donors (Lipinski definition) is 0. The van der Waals surface area contributed by atoms with Crippen molar-refractivity contribution in [2.45, 2.75) is 45.6 Å². The van der Waals surface area contributed by atoms with E-state index in [4.69, 9.17) is 4.98 Å². The van der Waals surface area contributed by atoms with Gasteiger partial charge in [0.15, 0.2) is 0 Å². The molecule has 0 saturated carbocycles. The Kier molecular flexibility index (Phi) is 4.29. The lowest BCUT2D eigenvalue weighted by molar-refractivity contribution is -0.142. The van der Waals surface area contributed by atoms with Crippen LogP contribution in [0.2, 0.25) is 0 Å². The average Bonchev–Trinajstić information content (AvgIpc) is 2.69. The molecule has 6 nitrogen and oxygen atoms in total. The minimum Gasteiger partial charge on any atom is -0.340 e. The van der Waals surface area contributed by atoms with Gasteiger partial charge in [-0.3, -0.25) is 9.78 Å². The molecule has 5 rings (SSSR count). The zero-order valence-electron chi connectivity index (χ0n) is 16.6. The summed E-state index contributed by atoms with van der Waals surface area (Å²) < 4.78 is 0. The second kappa shape index (κ2) is 6.83. The smallest absolute Gasteiger partial charge is 0.225 e. The summed E-state index contributed by atoms with van der Waals surface area (Å²) in [7, 11) is 0. The zero-order valence-corrected chi connectivity index (χ0v) is 16.6. The summed E-state index contributed by atoms with van der Waals surface area (Å²) >= 11 is 0. The average molecular weight is 377 g/mol. The minimum absolute atomic E-state index is 0.361. The molecule has 6 heteroatoms. The van der Waals surface area contributed by atoms with Gasteiger partial charge in [-0.15, -0.1) is 0 Å². The molecule has 3 aliphatic rings. The molecular formula is C22H27N5O. The van der Waals surface area contributed by atoms with E-state index in [1.165, 1.54) is 6.42 Å². The minimum atomic E-state index is 0.361. The maximum absolute atomic E-state index is 12.4. The highest BCUT2D eigenvalue weighted by molar-refractivity contribution is 5.77. The molecule has 2 aromatic rings. The summed E-state index contributed by atoms with van der Waals surface area (Å²) in [6, 6.07) is 6.51. The quantitative estimate of drug-likeness (QED) is 0.805. The highest BCUT2D eigenvalue weighted by atomic mass is 16.2. The molecule has 0 aliphatic carbocycles. The highest BCUT2D eigenvalue weighted by Gasteiger charge is 2.44. The SMILES string of the molecule is Cc1ccc(-c2ccnc(N3CC4CC(C3)[C@@H]3CCCC(=O)N3C4)n2)c(C)n1. The molecule has 2 aromatic heterocycles. The molecule has 3 aliphatic heterocycles. The van der Waals surface area contributed by atoms with Gasteiger partial charge in [-0.25, -0.2) is 9.97 Å². The van der Waals surface area contributed by atoms with E-state index in [2.05, 4.69) is 25.8 Å². The molecule has 0 N–H and O–H groups in total. The second-order valence-corrected chi connectivity index (χ2v) is 8.60. The van der Waals surface area contributed by atoms with Gasteiger partial charge < -0.3 is 9.80 Å². The van der Waals surface area contributed by atoms with Crippen LogP contribution in [-0.2, 0) is 4.79 Å². The summed E-state index contributed by atoms with van der Waals surface area (Å²) in [5.74, 6) is 2.22. The third-order valence-corrected chi connectivity index (χ3v) is 6.61. The number of pyridine rings is 1. The van der Waals surface area contributed by atoms with E-state index in [0.29, 0.717) is 23.8 Å². The fourth-order valence-electron chi connectivity index (χ4n) is 5.38. The van der Waals surface area contributed by atoms with Gasteiger partial charge in [0, 0.05) is 55.2 Å². The van der Waals surface area contributed by atoms with Crippen LogP contribution < -0.4 is 4.90 Å². The number of hydrogen-bond acceptors (Lipinski definition) is 5. The Labute approximate surface area is 166 Å². The van der Waals surface area contributed by atoms with Crippen molar-refractivity contribution in [3.63, 3.8) is 0 Å². The van der Waals surface area contributed by atoms with Crippen molar-refractivity contribution in [3.05, 3.63) is 35.8 Å². The van der Waals surface area contributed by atoms with E-state index in [0.717, 1.165) is 67.5 Å². The Morgan fingerprint density at radius 3 is 2.82 bits per heavy atom. The number of fused-ring (bicyclic) bond motifs is 4. The Morgan fingerprint density at radius 1 is 1.07 bits per heavy atom. The first kappa shape index (κ1) is 17.6. The van der Waals surface area contributed by atoms with Crippen LogP contribution >= 0.6 is 0 Å². The van der Waals surface area contributed by atoms with Crippen molar-refractivity contribution in [3.8, 4) is 11.3 Å². The lowest BCUT2D eigenvalue weighted by Gasteiger charge is -2.52. The van der Waals surface area contributed by atoms with E-state index >= 15 is 0 Å². The number of aromatic nitrogens is 3. The lowest BCUT2D eigenvalue weighted by Crippen LogP contribution is -2.60. The van der Waals surface area contributed by atoms with Crippen LogP contribution in [0.5, 0.6) is 0 Å². The normalized spacial score (nSPS) is 26.9. The number of nitrogens with zero attached hydrogens (tertiary/aromatic N) is 5. The Morgan fingerprint density at radius 2 is 1.96 bits per heavy atom. The van der Waals surface area contributed by atoms with Crippen LogP contribution in [0, 0.1) is 25.7 Å². The van der Waals surface area contributed by atoms with Gasteiger partial charge in [-0.2, -0.15) is 0 Å². The molecule has 2 unspecified atom stereocenters. The maximum Gasteiger partial charge on any atom is 0.225 e. The fraction of sp³-hybridized carbons (Fsp3) is 0.545. The van der Waals surface area contributed by atoms with Crippen molar-refractivity contribution < 1.29 is 4.79 Å². The summed E-state index contributed by atoms with van der Waals surface area (Å²) in [6.45, 7) is 6.82. The highest BCUT2D eigenvalue weighted by Crippen LogP contribution is 2.38. The van der Waals surface area contributed by atoms with Gasteiger partial charge in [0.2, 0.25) is 11.9 Å². The second-order valence-electron chi connectivity index (χ2n) is 8.60. The summed E-state index contributed by atoms with van der Waals surface area (Å²) in [6.07, 6.45) is 6.00. The third-order valence-electron chi connectivity index (χ3n) is 6.61. The molecule has 3 fully saturated rings. The van der Waals surface area contributed by atoms with Gasteiger partial charge in [-0.1, -0.05) is 0 Å². The van der Waals surface area contributed by atoms with Gasteiger partial charge in [-0.05, 0) is 63.1 Å². The fourth-order valence-corrected chi connectivity index (χ4v) is 5.38. The summed E-state index contributed by atoms with van der Waals surface area (Å²) in [4.78, 5) is 30.9. The van der Waals surface area contributed by atoms with Gasteiger partial charge in [0.25, 0.3) is 0 Å². The van der Waals surface area contributed by atoms with Crippen molar-refractivity contribution >= 4 is 11.9 Å². The summed E-state index contributed by atoms with van der Waals surface area (Å²) in [5, 5.41) is 0. The molecule has 5 heterocycles. The standard InChI is InChI=1S/C22H27N5O/c1-14-6-7-18(15(2)24-14)19-8-9-23-22(25-19)26-11-16-10-17(13-26)20-4-3-5-21(28)27(20)12-16/h6-9,16-17,20H,3-5,10-13H2,1-2H3/t16?,17?,20-/m0/s1. The third kappa shape index (κ3) is 3.05. The van der Waals surface area contributed by atoms with Crippen molar-refractivity contribution in [2.75, 3.05) is 24.5 Å². The molecule has 3 atom stereocenters. The molecule has 2 bridgehead atoms. The molecule has 0 aromatic carbocycles. The largest absolute Gasteiger partial charge is 0.340 e. The topological polar surface area (TPSA) is 62.2 Å². The predicted octanol–water partition coefficient (Wildman–Crippen LogP) is 2.99. The van der Waals surface area contributed by atoms with E-state index in [9.17, 15) is 4.79 Å². The van der Waals surface area contributed by atoms with Crippen LogP contribution in [0.1, 0.15) is 37.1 Å². The van der Waals surface area contributed by atoms with Gasteiger partial charge >= 0.3 is 0 Å². The van der Waals surface area contributed by atoms with Gasteiger partial charge in [0.05, 0.1) is 5.69 Å². The van der Waals surface area contributed by atoms with E-state index < -0.39 is 0 Å². The molecule has 0 radical (unpaired) electrons. The Bertz CT molecular complexity index is 914. The van der Waals surface area contributed by atoms with Crippen molar-refractivity contribution in [2.24, 2.45) is 11.8 Å². The molecule has 3 saturated heterocycles. The first-order valence-electron chi connectivity index (χ1n) is 10.4. The number of anilines is 1. The van der Waals surface area contributed by atoms with E-state index in [1.54, 1.807) is 0 Å². The molecule has 1 amide bonds. The number of aryl methyl sites for hydroxylation is 2. The monoisotopic (exact) mass is 377 g/mol. The molecule has 0 spiro atoms. The van der Waals surface area contributed by atoms with Crippen LogP contribution in [0.3, 0.4) is 0 Å².